The van der Waals surface area contributed by atoms with Crippen molar-refractivity contribution < 1.29 is 14.6 Å². The average molecular weight is 599 g/mol. The summed E-state index contributed by atoms with van der Waals surface area (Å²) in [4.78, 5) is 47.4. The van der Waals surface area contributed by atoms with Gasteiger partial charge in [0.05, 0.1) is 12.5 Å². The molecule has 3 aromatic carbocycles. The summed E-state index contributed by atoms with van der Waals surface area (Å²) in [6, 6.07) is 24.7. The Morgan fingerprint density at radius 3 is 1.98 bits per heavy atom. The van der Waals surface area contributed by atoms with E-state index in [1.165, 1.54) is 4.90 Å². The summed E-state index contributed by atoms with van der Waals surface area (Å²) in [7, 11) is 0. The largest absolute Gasteiger partial charge is 0.369 e. The van der Waals surface area contributed by atoms with Gasteiger partial charge in [0.15, 0.2) is 11.2 Å². The molecule has 0 unspecified atom stereocenters. The van der Waals surface area contributed by atoms with Gasteiger partial charge in [-0.15, -0.1) is 0 Å². The molecule has 0 aliphatic heterocycles. The van der Waals surface area contributed by atoms with E-state index < -0.39 is 22.9 Å². The monoisotopic (exact) mass is 598 g/mol. The van der Waals surface area contributed by atoms with Gasteiger partial charge in [-0.1, -0.05) is 90.4 Å². The number of amides is 2. The van der Waals surface area contributed by atoms with Crippen molar-refractivity contribution in [2.45, 2.75) is 37.9 Å². The summed E-state index contributed by atoms with van der Waals surface area (Å²) in [5, 5.41) is 20.7. The second-order valence-corrected chi connectivity index (χ2v) is 9.67. The van der Waals surface area contributed by atoms with Crippen LogP contribution in [-0.4, -0.2) is 46.3 Å². The van der Waals surface area contributed by atoms with Gasteiger partial charge < -0.3 is 22.1 Å². The fourth-order valence-corrected chi connectivity index (χ4v) is 4.56. The van der Waals surface area contributed by atoms with Crippen LogP contribution in [0.4, 0.5) is 0 Å². The summed E-state index contributed by atoms with van der Waals surface area (Å²) in [5.41, 5.74) is 21.8. The number of nitro groups is 1. The first-order valence-electron chi connectivity index (χ1n) is 13.6. The molecule has 2 amide bonds. The summed E-state index contributed by atoms with van der Waals surface area (Å²) in [6.45, 7) is 0.364. The number of rotatable bonds is 14. The third-order valence-electron chi connectivity index (χ3n) is 6.62. The minimum absolute atomic E-state index is 0.00855. The zero-order valence-electron chi connectivity index (χ0n) is 23.9. The van der Waals surface area contributed by atoms with Gasteiger partial charge in [0.2, 0.25) is 17.8 Å². The van der Waals surface area contributed by atoms with Crippen molar-refractivity contribution in [3.8, 4) is 6.19 Å². The van der Waals surface area contributed by atoms with Crippen molar-refractivity contribution in [3.05, 3.63) is 117 Å². The van der Waals surface area contributed by atoms with Gasteiger partial charge in [-0.2, -0.15) is 5.26 Å². The lowest BCUT2D eigenvalue weighted by Gasteiger charge is -2.33. The van der Waals surface area contributed by atoms with Crippen molar-refractivity contribution in [1.82, 2.24) is 15.6 Å². The Morgan fingerprint density at radius 2 is 1.45 bits per heavy atom. The number of hydrogen-bond donors (Lipinski definition) is 5. The van der Waals surface area contributed by atoms with Crippen LogP contribution in [0.2, 0.25) is 0 Å². The Balaban J connectivity index is 1.95. The van der Waals surface area contributed by atoms with Crippen LogP contribution in [0.3, 0.4) is 0 Å². The highest BCUT2D eigenvalue weighted by Gasteiger charge is 2.34. The maximum Gasteiger partial charge on any atom is 0.251 e. The highest BCUT2D eigenvalue weighted by Crippen LogP contribution is 2.29. The van der Waals surface area contributed by atoms with E-state index in [1.807, 2.05) is 84.9 Å². The first kappa shape index (κ1) is 32.5. The Kier molecular flexibility index (Phi) is 12.2. The molecule has 3 rings (SSSR count). The smallest absolute Gasteiger partial charge is 0.251 e. The van der Waals surface area contributed by atoms with Gasteiger partial charge in [-0.3, -0.25) is 14.9 Å². The third-order valence-corrected chi connectivity index (χ3v) is 6.62. The lowest BCUT2D eigenvalue weighted by molar-refractivity contribution is -0.525. The number of hydrazine groups is 1. The van der Waals surface area contributed by atoms with E-state index in [4.69, 9.17) is 22.5 Å². The number of aliphatic imine (C=N–C) groups is 2. The molecule has 0 aromatic heterocycles. The van der Waals surface area contributed by atoms with Crippen LogP contribution in [0.5, 0.6) is 0 Å². The molecule has 0 radical (unpaired) electrons. The molecule has 0 saturated heterocycles. The topological polar surface area (TPSA) is 231 Å². The number of hydrogen-bond acceptors (Lipinski definition) is 7. The van der Waals surface area contributed by atoms with Crippen LogP contribution in [0.25, 0.3) is 0 Å². The second kappa shape index (κ2) is 16.5. The first-order chi connectivity index (χ1) is 21.2. The summed E-state index contributed by atoms with van der Waals surface area (Å²) >= 11 is 0. The molecular weight excluding hydrogens is 564 g/mol. The summed E-state index contributed by atoms with van der Waals surface area (Å²) < 4.78 is 0. The number of carbonyl (C=O) groups is 2. The Hall–Kier alpha value is -5.97. The van der Waals surface area contributed by atoms with E-state index in [9.17, 15) is 19.7 Å². The lowest BCUT2D eigenvalue weighted by Crippen LogP contribution is -2.49. The van der Waals surface area contributed by atoms with E-state index in [2.05, 4.69) is 15.3 Å². The van der Waals surface area contributed by atoms with Crippen LogP contribution in [-0.2, 0) is 22.7 Å². The molecule has 14 heteroatoms. The number of nitrogens with one attached hydrogen (secondary N) is 2. The second-order valence-electron chi connectivity index (χ2n) is 9.67. The molecule has 0 saturated carbocycles. The van der Waals surface area contributed by atoms with Crippen LogP contribution in [0, 0.1) is 21.6 Å². The molecule has 0 fully saturated rings. The van der Waals surface area contributed by atoms with E-state index >= 15 is 0 Å². The number of carbonyl (C=O) groups excluding carboxylic acids is 2. The molecule has 1 atom stereocenters. The number of nitriles is 1. The van der Waals surface area contributed by atoms with Crippen molar-refractivity contribution in [2.24, 2.45) is 27.2 Å². The first-order valence-corrected chi connectivity index (χ1v) is 13.6. The van der Waals surface area contributed by atoms with Crippen molar-refractivity contribution in [3.63, 3.8) is 0 Å². The lowest BCUT2D eigenvalue weighted by atomic mass is 9.89. The quantitative estimate of drug-likeness (QED) is 0.0343. The molecule has 0 bridgehead atoms. The number of nitrogens with zero attached hydrogens (tertiary/aromatic N) is 5. The van der Waals surface area contributed by atoms with Crippen LogP contribution in [0.15, 0.2) is 94.9 Å². The van der Waals surface area contributed by atoms with E-state index in [-0.39, 0.29) is 50.3 Å². The standard InChI is InChI=1S/C30H34N10O4/c31-20-37-29(33)36-18-21-13-15-22(16-14-21)19-39(25(27(32)41)12-7-17-35-30(34)38-40(43)44)28(42)26(23-8-3-1-4-9-23)24-10-5-2-6-11-24/h1-6,8-11,13-16,25-26H,7,12,17-19H2,(H2,32,41)(H3,33,36,37)(H3,34,35,38)/t25-/m1/s1. The molecule has 14 nitrogen and oxygen atoms in total. The predicted molar refractivity (Wildman–Crippen MR) is 165 cm³/mol. The highest BCUT2D eigenvalue weighted by atomic mass is 16.7. The fraction of sp³-hybridized carbons (Fsp3) is 0.233. The molecule has 8 N–H and O–H groups in total. The average Bonchev–Trinajstić information content (AvgIpc) is 3.00. The van der Waals surface area contributed by atoms with Crippen molar-refractivity contribution in [1.29, 1.82) is 5.26 Å². The zero-order valence-corrected chi connectivity index (χ0v) is 23.9. The normalized spacial score (nSPS) is 12.2. The number of benzene rings is 3. The van der Waals surface area contributed by atoms with Gasteiger partial charge >= 0.3 is 0 Å². The third kappa shape index (κ3) is 9.84. The van der Waals surface area contributed by atoms with Gasteiger partial charge in [-0.05, 0) is 35.1 Å². The fourth-order valence-electron chi connectivity index (χ4n) is 4.56. The van der Waals surface area contributed by atoms with Crippen molar-refractivity contribution >= 4 is 23.7 Å². The van der Waals surface area contributed by atoms with Gasteiger partial charge in [0, 0.05) is 13.1 Å². The summed E-state index contributed by atoms with van der Waals surface area (Å²) in [6.07, 6.45) is 2.12. The zero-order chi connectivity index (χ0) is 31.9. The molecule has 0 aliphatic carbocycles. The maximum absolute atomic E-state index is 14.5. The minimum Gasteiger partial charge on any atom is -0.369 e. The molecule has 228 valence electrons. The van der Waals surface area contributed by atoms with E-state index in [0.29, 0.717) is 0 Å². The molecular formula is C30H34N10O4. The van der Waals surface area contributed by atoms with Gasteiger partial charge in [-0.25, -0.2) is 20.1 Å². The van der Waals surface area contributed by atoms with Crippen LogP contribution in [0.1, 0.15) is 41.0 Å². The molecule has 0 heterocycles. The molecule has 0 spiro atoms. The molecule has 44 heavy (non-hydrogen) atoms. The van der Waals surface area contributed by atoms with E-state index in [1.54, 1.807) is 11.6 Å². The van der Waals surface area contributed by atoms with Crippen LogP contribution < -0.4 is 27.9 Å². The molecule has 0 aliphatic rings. The number of guanidine groups is 2. The highest BCUT2D eigenvalue weighted by molar-refractivity contribution is 5.92. The van der Waals surface area contributed by atoms with Crippen molar-refractivity contribution in [2.75, 3.05) is 6.54 Å². The Morgan fingerprint density at radius 1 is 0.886 bits per heavy atom. The Bertz CT molecular complexity index is 1470. The summed E-state index contributed by atoms with van der Waals surface area (Å²) in [5.74, 6) is -2.13. The molecule has 3 aromatic rings. The van der Waals surface area contributed by atoms with Gasteiger partial charge in [0.25, 0.3) is 5.96 Å². The Labute approximate surface area is 254 Å². The van der Waals surface area contributed by atoms with Gasteiger partial charge in [0.1, 0.15) is 6.04 Å². The maximum atomic E-state index is 14.5. The SMILES string of the molecule is N#CNC(N)=NCc1ccc(CN(C(=O)C(c2ccccc2)c2ccccc2)[C@H](CCCN=C(N)N[N+](=O)[O-])C(N)=O)cc1. The minimum atomic E-state index is -1.02. The number of primary amides is 1. The van der Waals surface area contributed by atoms with Crippen LogP contribution >= 0.6 is 0 Å². The number of nitrogens with two attached hydrogens (primary N) is 3. The predicted octanol–water partition coefficient (Wildman–Crippen LogP) is 1.46. The van der Waals surface area contributed by atoms with E-state index in [0.717, 1.165) is 22.3 Å².